The Balaban J connectivity index is 2.04. The Labute approximate surface area is 107 Å². The Hall–Kier alpha value is -2.16. The van der Waals surface area contributed by atoms with Gasteiger partial charge in [-0.2, -0.15) is 0 Å². The molecule has 2 rings (SSSR count). The van der Waals surface area contributed by atoms with Crippen molar-refractivity contribution < 1.29 is 9.84 Å². The van der Waals surface area contributed by atoms with Gasteiger partial charge < -0.3 is 15.2 Å². The number of phenols is 1. The predicted octanol–water partition coefficient (Wildman–Crippen LogP) is 3.32. The van der Waals surface area contributed by atoms with E-state index < -0.39 is 0 Å². The minimum atomic E-state index is 0.164. The van der Waals surface area contributed by atoms with Crippen LogP contribution in [0.5, 0.6) is 11.5 Å². The highest BCUT2D eigenvalue weighted by Crippen LogP contribution is 2.26. The van der Waals surface area contributed by atoms with Gasteiger partial charge in [-0.25, -0.2) is 0 Å². The number of rotatable bonds is 4. The van der Waals surface area contributed by atoms with Gasteiger partial charge in [-0.1, -0.05) is 23.8 Å². The summed E-state index contributed by atoms with van der Waals surface area (Å²) in [6.45, 7) is 2.76. The number of aryl methyl sites for hydroxylation is 1. The van der Waals surface area contributed by atoms with Gasteiger partial charge in [0.15, 0.2) is 11.5 Å². The third-order valence-corrected chi connectivity index (χ3v) is 2.79. The quantitative estimate of drug-likeness (QED) is 0.865. The predicted molar refractivity (Wildman–Crippen MR) is 73.2 cm³/mol. The SMILES string of the molecule is COc1cc(CNc2ccc(C)cc2)ccc1O. The summed E-state index contributed by atoms with van der Waals surface area (Å²) in [5, 5.41) is 12.8. The van der Waals surface area contributed by atoms with Crippen LogP contribution < -0.4 is 10.1 Å². The van der Waals surface area contributed by atoms with Crippen LogP contribution in [0.4, 0.5) is 5.69 Å². The molecule has 0 saturated carbocycles. The average Bonchev–Trinajstić information content (AvgIpc) is 2.39. The van der Waals surface area contributed by atoms with E-state index in [-0.39, 0.29) is 5.75 Å². The molecule has 0 aromatic heterocycles. The molecule has 0 aliphatic rings. The number of aromatic hydroxyl groups is 1. The molecule has 2 N–H and O–H groups in total. The Morgan fingerprint density at radius 2 is 1.83 bits per heavy atom. The Kier molecular flexibility index (Phi) is 3.72. The first kappa shape index (κ1) is 12.3. The van der Waals surface area contributed by atoms with Crippen LogP contribution in [0.25, 0.3) is 0 Å². The van der Waals surface area contributed by atoms with Crippen molar-refractivity contribution in [2.75, 3.05) is 12.4 Å². The van der Waals surface area contributed by atoms with E-state index in [0.29, 0.717) is 12.3 Å². The fourth-order valence-electron chi connectivity index (χ4n) is 1.71. The molecule has 2 aromatic carbocycles. The second-order valence-corrected chi connectivity index (χ2v) is 4.23. The van der Waals surface area contributed by atoms with E-state index in [9.17, 15) is 5.11 Å². The van der Waals surface area contributed by atoms with E-state index in [1.54, 1.807) is 13.2 Å². The first-order chi connectivity index (χ1) is 8.69. The van der Waals surface area contributed by atoms with Gasteiger partial charge >= 0.3 is 0 Å². The van der Waals surface area contributed by atoms with Gasteiger partial charge in [-0.15, -0.1) is 0 Å². The molecule has 18 heavy (non-hydrogen) atoms. The number of benzene rings is 2. The minimum Gasteiger partial charge on any atom is -0.504 e. The number of anilines is 1. The topological polar surface area (TPSA) is 41.5 Å². The highest BCUT2D eigenvalue weighted by atomic mass is 16.5. The largest absolute Gasteiger partial charge is 0.504 e. The molecular formula is C15H17NO2. The van der Waals surface area contributed by atoms with Crippen LogP contribution in [0.3, 0.4) is 0 Å². The lowest BCUT2D eigenvalue weighted by Gasteiger charge is -2.09. The molecule has 3 nitrogen and oxygen atoms in total. The van der Waals surface area contributed by atoms with Crippen molar-refractivity contribution in [1.29, 1.82) is 0 Å². The number of hydrogen-bond donors (Lipinski definition) is 2. The number of nitrogens with one attached hydrogen (secondary N) is 1. The lowest BCUT2D eigenvalue weighted by Crippen LogP contribution is -1.99. The van der Waals surface area contributed by atoms with Gasteiger partial charge in [0.2, 0.25) is 0 Å². The number of hydrogen-bond acceptors (Lipinski definition) is 3. The summed E-state index contributed by atoms with van der Waals surface area (Å²) in [6.07, 6.45) is 0. The molecule has 3 heteroatoms. The third kappa shape index (κ3) is 2.94. The van der Waals surface area contributed by atoms with Crippen molar-refractivity contribution in [3.05, 3.63) is 53.6 Å². The Morgan fingerprint density at radius 3 is 2.50 bits per heavy atom. The van der Waals surface area contributed by atoms with Crippen molar-refractivity contribution in [2.45, 2.75) is 13.5 Å². The summed E-state index contributed by atoms with van der Waals surface area (Å²) in [5.41, 5.74) is 3.38. The fraction of sp³-hybridized carbons (Fsp3) is 0.200. The fourth-order valence-corrected chi connectivity index (χ4v) is 1.71. The number of methoxy groups -OCH3 is 1. The molecule has 0 heterocycles. The van der Waals surface area contributed by atoms with Crippen molar-refractivity contribution in [3.63, 3.8) is 0 Å². The molecule has 0 aliphatic carbocycles. The van der Waals surface area contributed by atoms with Crippen LogP contribution in [0, 0.1) is 6.92 Å². The molecule has 0 unspecified atom stereocenters. The van der Waals surface area contributed by atoms with Crippen molar-refractivity contribution in [2.24, 2.45) is 0 Å². The van der Waals surface area contributed by atoms with Crippen molar-refractivity contribution >= 4 is 5.69 Å². The first-order valence-corrected chi connectivity index (χ1v) is 5.85. The summed E-state index contributed by atoms with van der Waals surface area (Å²) >= 11 is 0. The van der Waals surface area contributed by atoms with Gasteiger partial charge in [0.1, 0.15) is 0 Å². The van der Waals surface area contributed by atoms with E-state index >= 15 is 0 Å². The number of ether oxygens (including phenoxy) is 1. The Morgan fingerprint density at radius 1 is 1.11 bits per heavy atom. The summed E-state index contributed by atoms with van der Waals surface area (Å²) in [7, 11) is 1.55. The molecule has 0 amide bonds. The second kappa shape index (κ2) is 5.45. The first-order valence-electron chi connectivity index (χ1n) is 5.85. The molecule has 2 aromatic rings. The summed E-state index contributed by atoms with van der Waals surface area (Å²) in [6, 6.07) is 13.6. The van der Waals surface area contributed by atoms with E-state index in [1.165, 1.54) is 5.56 Å². The maximum atomic E-state index is 9.51. The summed E-state index contributed by atoms with van der Waals surface area (Å²) < 4.78 is 5.08. The zero-order valence-electron chi connectivity index (χ0n) is 10.6. The summed E-state index contributed by atoms with van der Waals surface area (Å²) in [5.74, 6) is 0.662. The third-order valence-electron chi connectivity index (χ3n) is 2.79. The second-order valence-electron chi connectivity index (χ2n) is 4.23. The Bertz CT molecular complexity index is 521. The average molecular weight is 243 g/mol. The molecule has 0 atom stereocenters. The van der Waals surface area contributed by atoms with Crippen LogP contribution in [-0.4, -0.2) is 12.2 Å². The maximum Gasteiger partial charge on any atom is 0.160 e. The van der Waals surface area contributed by atoms with Gasteiger partial charge in [-0.05, 0) is 36.8 Å². The lowest BCUT2D eigenvalue weighted by molar-refractivity contribution is 0.373. The lowest BCUT2D eigenvalue weighted by atomic mass is 10.2. The zero-order valence-corrected chi connectivity index (χ0v) is 10.6. The van der Waals surface area contributed by atoms with Crippen molar-refractivity contribution in [1.82, 2.24) is 0 Å². The monoisotopic (exact) mass is 243 g/mol. The molecule has 0 bridgehead atoms. The van der Waals surface area contributed by atoms with Crippen LogP contribution in [0.15, 0.2) is 42.5 Å². The molecule has 0 fully saturated rings. The normalized spacial score (nSPS) is 10.1. The molecule has 0 saturated heterocycles. The standard InChI is InChI=1S/C15H17NO2/c1-11-3-6-13(7-4-11)16-10-12-5-8-14(17)15(9-12)18-2/h3-9,16-17H,10H2,1-2H3. The van der Waals surface area contributed by atoms with E-state index in [0.717, 1.165) is 11.3 Å². The van der Waals surface area contributed by atoms with Crippen molar-refractivity contribution in [3.8, 4) is 11.5 Å². The van der Waals surface area contributed by atoms with Crippen LogP contribution in [0.1, 0.15) is 11.1 Å². The van der Waals surface area contributed by atoms with Gasteiger partial charge in [0.05, 0.1) is 7.11 Å². The zero-order chi connectivity index (χ0) is 13.0. The van der Waals surface area contributed by atoms with Gasteiger partial charge in [0, 0.05) is 12.2 Å². The smallest absolute Gasteiger partial charge is 0.160 e. The van der Waals surface area contributed by atoms with Gasteiger partial charge in [-0.3, -0.25) is 0 Å². The molecule has 94 valence electrons. The van der Waals surface area contributed by atoms with Gasteiger partial charge in [0.25, 0.3) is 0 Å². The molecule has 0 radical (unpaired) electrons. The van der Waals surface area contributed by atoms with Crippen LogP contribution in [-0.2, 0) is 6.54 Å². The number of phenolic OH excluding ortho intramolecular Hbond substituents is 1. The highest BCUT2D eigenvalue weighted by Gasteiger charge is 2.02. The molecule has 0 aliphatic heterocycles. The minimum absolute atomic E-state index is 0.164. The van der Waals surface area contributed by atoms with Crippen LogP contribution in [0.2, 0.25) is 0 Å². The van der Waals surface area contributed by atoms with Crippen LogP contribution >= 0.6 is 0 Å². The highest BCUT2D eigenvalue weighted by molar-refractivity contribution is 5.47. The van der Waals surface area contributed by atoms with E-state index in [1.807, 2.05) is 24.3 Å². The molecule has 0 spiro atoms. The summed E-state index contributed by atoms with van der Waals surface area (Å²) in [4.78, 5) is 0. The molecular weight excluding hydrogens is 226 g/mol. The van der Waals surface area contributed by atoms with E-state index in [4.69, 9.17) is 4.74 Å². The van der Waals surface area contributed by atoms with E-state index in [2.05, 4.69) is 24.4 Å². The maximum absolute atomic E-state index is 9.51.